The summed E-state index contributed by atoms with van der Waals surface area (Å²) in [5, 5.41) is 0. The van der Waals surface area contributed by atoms with E-state index >= 15 is 0 Å². The molecule has 0 spiro atoms. The van der Waals surface area contributed by atoms with Crippen molar-refractivity contribution in [3.05, 3.63) is 35.4 Å². The maximum atomic E-state index is 5.36. The Morgan fingerprint density at radius 2 is 2.00 bits per heavy atom. The summed E-state index contributed by atoms with van der Waals surface area (Å²) >= 11 is 0. The molecule has 0 radical (unpaired) electrons. The van der Waals surface area contributed by atoms with Gasteiger partial charge < -0.3 is 4.74 Å². The minimum absolute atomic E-state index is 0.395. The highest BCUT2D eigenvalue weighted by molar-refractivity contribution is 5.37. The molecular formula is C11H10O. The van der Waals surface area contributed by atoms with E-state index in [1.165, 1.54) is 5.56 Å². The molecule has 1 unspecified atom stereocenters. The van der Waals surface area contributed by atoms with Gasteiger partial charge in [-0.15, -0.1) is 6.42 Å². The number of aryl methyl sites for hydroxylation is 1. The van der Waals surface area contributed by atoms with Crippen molar-refractivity contribution in [3.8, 4) is 12.3 Å². The molecule has 0 aromatic heterocycles. The quantitative estimate of drug-likeness (QED) is 0.449. The first-order valence-electron chi connectivity index (χ1n) is 3.96. The first-order valence-corrected chi connectivity index (χ1v) is 3.96. The van der Waals surface area contributed by atoms with Crippen LogP contribution in [0.1, 0.15) is 11.1 Å². The van der Waals surface area contributed by atoms with Gasteiger partial charge in [-0.05, 0) is 12.5 Å². The molecule has 1 aromatic carbocycles. The average Bonchev–Trinajstić information content (AvgIpc) is 2.86. The topological polar surface area (TPSA) is 12.5 Å². The van der Waals surface area contributed by atoms with Crippen molar-refractivity contribution < 1.29 is 4.74 Å². The Kier molecular flexibility index (Phi) is 1.46. The van der Waals surface area contributed by atoms with Crippen LogP contribution in [0.25, 0.3) is 0 Å². The summed E-state index contributed by atoms with van der Waals surface area (Å²) < 4.78 is 5.24. The third kappa shape index (κ3) is 1.01. The molecule has 0 amide bonds. The summed E-state index contributed by atoms with van der Waals surface area (Å²) in [6.45, 7) is 2.71. The van der Waals surface area contributed by atoms with Crippen molar-refractivity contribution in [2.45, 2.75) is 12.5 Å². The van der Waals surface area contributed by atoms with Gasteiger partial charge in [0.05, 0.1) is 6.61 Å². The van der Waals surface area contributed by atoms with E-state index in [1.54, 1.807) is 0 Å². The van der Waals surface area contributed by atoms with E-state index in [0.717, 1.165) is 5.56 Å². The Bertz CT molecular complexity index is 325. The van der Waals surface area contributed by atoms with Crippen molar-refractivity contribution in [2.75, 3.05) is 6.61 Å². The molecule has 0 saturated carbocycles. The molecule has 0 N–H and O–H groups in total. The smallest absolute Gasteiger partial charge is 0.177 e. The van der Waals surface area contributed by atoms with Gasteiger partial charge in [-0.2, -0.15) is 0 Å². The van der Waals surface area contributed by atoms with Crippen LogP contribution in [0.4, 0.5) is 0 Å². The van der Waals surface area contributed by atoms with Crippen molar-refractivity contribution in [2.24, 2.45) is 0 Å². The number of hydrogen-bond donors (Lipinski definition) is 0. The zero-order chi connectivity index (χ0) is 8.60. The molecule has 1 atom stereocenters. The molecule has 0 aliphatic carbocycles. The fraction of sp³-hybridized carbons (Fsp3) is 0.273. The van der Waals surface area contributed by atoms with Gasteiger partial charge in [-0.25, -0.2) is 0 Å². The molecule has 1 fully saturated rings. The van der Waals surface area contributed by atoms with Gasteiger partial charge in [0.1, 0.15) is 0 Å². The second-order valence-corrected chi connectivity index (χ2v) is 3.13. The van der Waals surface area contributed by atoms with E-state index in [2.05, 4.69) is 25.0 Å². The standard InChI is InChI=1S/C11H10O/c1-3-11(8-12-11)10-6-4-9(2)5-7-10/h1,4-7H,8H2,2H3. The van der Waals surface area contributed by atoms with Crippen molar-refractivity contribution in [1.82, 2.24) is 0 Å². The van der Waals surface area contributed by atoms with Crippen molar-refractivity contribution in [3.63, 3.8) is 0 Å². The molecule has 1 aliphatic heterocycles. The van der Waals surface area contributed by atoms with Crippen LogP contribution in [-0.2, 0) is 10.3 Å². The van der Waals surface area contributed by atoms with Crippen molar-refractivity contribution >= 4 is 0 Å². The second-order valence-electron chi connectivity index (χ2n) is 3.13. The molecule has 2 rings (SSSR count). The van der Waals surface area contributed by atoms with E-state index in [9.17, 15) is 0 Å². The molecule has 1 saturated heterocycles. The lowest BCUT2D eigenvalue weighted by molar-refractivity contribution is 0.366. The Labute approximate surface area is 72.4 Å². The Morgan fingerprint density at radius 1 is 1.42 bits per heavy atom. The minimum Gasteiger partial charge on any atom is -0.351 e. The van der Waals surface area contributed by atoms with Crippen LogP contribution in [0.2, 0.25) is 0 Å². The van der Waals surface area contributed by atoms with Gasteiger partial charge in [-0.1, -0.05) is 35.7 Å². The molecule has 1 aliphatic rings. The van der Waals surface area contributed by atoms with Gasteiger partial charge in [0, 0.05) is 0 Å². The van der Waals surface area contributed by atoms with Gasteiger partial charge in [0.2, 0.25) is 0 Å². The van der Waals surface area contributed by atoms with Gasteiger partial charge in [0.25, 0.3) is 0 Å². The Hall–Kier alpha value is -1.26. The van der Waals surface area contributed by atoms with E-state index in [1.807, 2.05) is 12.1 Å². The molecule has 1 heteroatoms. The predicted octanol–water partition coefficient (Wildman–Crippen LogP) is 1.85. The number of ether oxygens (including phenoxy) is 1. The first kappa shape index (κ1) is 7.39. The second kappa shape index (κ2) is 2.36. The zero-order valence-electron chi connectivity index (χ0n) is 7.00. The van der Waals surface area contributed by atoms with E-state index in [4.69, 9.17) is 11.2 Å². The number of hydrogen-bond acceptors (Lipinski definition) is 1. The summed E-state index contributed by atoms with van der Waals surface area (Å²) in [7, 11) is 0. The fourth-order valence-corrected chi connectivity index (χ4v) is 1.23. The lowest BCUT2D eigenvalue weighted by Gasteiger charge is -2.03. The third-order valence-electron chi connectivity index (χ3n) is 2.18. The van der Waals surface area contributed by atoms with Gasteiger partial charge in [-0.3, -0.25) is 0 Å². The highest BCUT2D eigenvalue weighted by Gasteiger charge is 2.44. The monoisotopic (exact) mass is 158 g/mol. The molecule has 1 nitrogen and oxygen atoms in total. The minimum atomic E-state index is -0.395. The molecular weight excluding hydrogens is 148 g/mol. The number of benzene rings is 1. The third-order valence-corrected chi connectivity index (χ3v) is 2.18. The van der Waals surface area contributed by atoms with Gasteiger partial charge >= 0.3 is 0 Å². The lowest BCUT2D eigenvalue weighted by Crippen LogP contribution is -2.04. The summed E-state index contributed by atoms with van der Waals surface area (Å²) in [6.07, 6.45) is 5.36. The largest absolute Gasteiger partial charge is 0.351 e. The van der Waals surface area contributed by atoms with E-state index < -0.39 is 5.60 Å². The SMILES string of the molecule is C#CC1(c2ccc(C)cc2)CO1. The first-order chi connectivity index (χ1) is 5.77. The Morgan fingerprint density at radius 3 is 2.42 bits per heavy atom. The highest BCUT2D eigenvalue weighted by Crippen LogP contribution is 2.37. The maximum absolute atomic E-state index is 5.36. The summed E-state index contributed by atoms with van der Waals surface area (Å²) in [6, 6.07) is 8.16. The normalized spacial score (nSPS) is 26.3. The van der Waals surface area contributed by atoms with Crippen molar-refractivity contribution in [1.29, 1.82) is 0 Å². The molecule has 1 aromatic rings. The Balaban J connectivity index is 2.37. The highest BCUT2D eigenvalue weighted by atomic mass is 16.6. The lowest BCUT2D eigenvalue weighted by atomic mass is 10.00. The van der Waals surface area contributed by atoms with E-state index in [-0.39, 0.29) is 0 Å². The van der Waals surface area contributed by atoms with Crippen LogP contribution in [0.5, 0.6) is 0 Å². The summed E-state index contributed by atoms with van der Waals surface area (Å²) in [5.74, 6) is 2.67. The predicted molar refractivity (Wildman–Crippen MR) is 47.6 cm³/mol. The van der Waals surface area contributed by atoms with Crippen LogP contribution < -0.4 is 0 Å². The zero-order valence-corrected chi connectivity index (χ0v) is 7.00. The summed E-state index contributed by atoms with van der Waals surface area (Å²) in [4.78, 5) is 0. The number of rotatable bonds is 1. The van der Waals surface area contributed by atoms with Gasteiger partial charge in [0.15, 0.2) is 5.60 Å². The molecule has 12 heavy (non-hydrogen) atoms. The van der Waals surface area contributed by atoms with Crippen LogP contribution in [0.15, 0.2) is 24.3 Å². The summed E-state index contributed by atoms with van der Waals surface area (Å²) in [5.41, 5.74) is 1.94. The average molecular weight is 158 g/mol. The van der Waals surface area contributed by atoms with Crippen LogP contribution in [-0.4, -0.2) is 6.61 Å². The number of epoxide rings is 1. The van der Waals surface area contributed by atoms with E-state index in [0.29, 0.717) is 6.61 Å². The molecule has 60 valence electrons. The van der Waals surface area contributed by atoms with Crippen LogP contribution >= 0.6 is 0 Å². The number of terminal acetylenes is 1. The maximum Gasteiger partial charge on any atom is 0.177 e. The van der Waals surface area contributed by atoms with Crippen LogP contribution in [0.3, 0.4) is 0 Å². The van der Waals surface area contributed by atoms with Crippen LogP contribution in [0, 0.1) is 19.3 Å². The molecule has 1 heterocycles. The fourth-order valence-electron chi connectivity index (χ4n) is 1.23. The molecule has 0 bridgehead atoms.